The average Bonchev–Trinajstić information content (AvgIpc) is 2.21. The lowest BCUT2D eigenvalue weighted by Crippen LogP contribution is -1.87. The summed E-state index contributed by atoms with van der Waals surface area (Å²) in [6.07, 6.45) is 1.61. The van der Waals surface area contributed by atoms with Crippen molar-refractivity contribution in [1.29, 1.82) is 0 Å². The van der Waals surface area contributed by atoms with Gasteiger partial charge in [0.15, 0.2) is 0 Å². The van der Waals surface area contributed by atoms with Crippen molar-refractivity contribution in [3.63, 3.8) is 0 Å². The van der Waals surface area contributed by atoms with E-state index in [4.69, 9.17) is 9.47 Å². The third-order valence-electron chi connectivity index (χ3n) is 1.15. The maximum absolute atomic E-state index is 4.90. The summed E-state index contributed by atoms with van der Waals surface area (Å²) in [7, 11) is 3.18. The van der Waals surface area contributed by atoms with E-state index in [1.807, 2.05) is 13.8 Å². The van der Waals surface area contributed by atoms with Crippen LogP contribution in [0.3, 0.4) is 0 Å². The molecule has 0 N–H and O–H groups in total. The highest BCUT2D eigenvalue weighted by molar-refractivity contribution is 5.22. The zero-order valence-electron chi connectivity index (χ0n) is 8.00. The summed E-state index contributed by atoms with van der Waals surface area (Å²) < 4.78 is 9.74. The van der Waals surface area contributed by atoms with E-state index in [9.17, 15) is 0 Å². The lowest BCUT2D eigenvalue weighted by molar-refractivity contribution is 0.387. The molecule has 1 rings (SSSR count). The highest BCUT2D eigenvalue weighted by atomic mass is 16.5. The molecular weight excluding hydrogens is 154 g/mol. The fraction of sp³-hybridized carbons (Fsp3) is 0.444. The lowest BCUT2D eigenvalue weighted by atomic mass is 10.4. The summed E-state index contributed by atoms with van der Waals surface area (Å²) in [5.74, 6) is 1.33. The van der Waals surface area contributed by atoms with E-state index in [2.05, 4.69) is 4.98 Å². The van der Waals surface area contributed by atoms with Crippen LogP contribution >= 0.6 is 0 Å². The number of aromatic nitrogens is 1. The van der Waals surface area contributed by atoms with Crippen molar-refractivity contribution in [1.82, 2.24) is 4.98 Å². The van der Waals surface area contributed by atoms with Gasteiger partial charge < -0.3 is 9.47 Å². The van der Waals surface area contributed by atoms with Crippen LogP contribution in [0.15, 0.2) is 18.3 Å². The molecule has 0 saturated carbocycles. The molecule has 0 amide bonds. The van der Waals surface area contributed by atoms with Crippen LogP contribution in [0, 0.1) is 0 Å². The smallest absolute Gasteiger partial charge is 0.213 e. The van der Waals surface area contributed by atoms with Gasteiger partial charge in [0.2, 0.25) is 5.88 Å². The van der Waals surface area contributed by atoms with E-state index < -0.39 is 0 Å². The molecule has 0 atom stereocenters. The monoisotopic (exact) mass is 169 g/mol. The quantitative estimate of drug-likeness (QED) is 0.679. The molecule has 1 aromatic heterocycles. The van der Waals surface area contributed by atoms with Crippen molar-refractivity contribution in [3.05, 3.63) is 18.3 Å². The van der Waals surface area contributed by atoms with Crippen LogP contribution in [0.25, 0.3) is 0 Å². The summed E-state index contributed by atoms with van der Waals surface area (Å²) in [5.41, 5.74) is 0. The molecule has 0 aliphatic heterocycles. The number of pyridine rings is 1. The van der Waals surface area contributed by atoms with E-state index in [0.29, 0.717) is 5.88 Å². The van der Waals surface area contributed by atoms with Crippen LogP contribution in [0.5, 0.6) is 11.6 Å². The molecule has 1 heterocycles. The van der Waals surface area contributed by atoms with Gasteiger partial charge in [-0.3, -0.25) is 0 Å². The molecule has 0 aliphatic rings. The number of methoxy groups -OCH3 is 2. The second-order valence-electron chi connectivity index (χ2n) is 1.74. The molecule has 3 nitrogen and oxygen atoms in total. The molecule has 0 spiro atoms. The van der Waals surface area contributed by atoms with Crippen molar-refractivity contribution in [2.45, 2.75) is 13.8 Å². The molecular formula is C9H15NO2. The van der Waals surface area contributed by atoms with Gasteiger partial charge in [-0.25, -0.2) is 4.98 Å². The molecule has 0 saturated heterocycles. The van der Waals surface area contributed by atoms with E-state index >= 15 is 0 Å². The molecule has 0 aromatic carbocycles. The number of rotatable bonds is 2. The SMILES string of the molecule is CC.COc1ccc(OC)nc1. The maximum atomic E-state index is 4.90. The van der Waals surface area contributed by atoms with E-state index in [1.165, 1.54) is 0 Å². The number of nitrogens with zero attached hydrogens (tertiary/aromatic N) is 1. The topological polar surface area (TPSA) is 31.4 Å². The first kappa shape index (κ1) is 10.8. The zero-order chi connectivity index (χ0) is 9.40. The van der Waals surface area contributed by atoms with Crippen LogP contribution in [0.1, 0.15) is 13.8 Å². The molecule has 12 heavy (non-hydrogen) atoms. The first-order valence-electron chi connectivity index (χ1n) is 3.91. The van der Waals surface area contributed by atoms with E-state index in [0.717, 1.165) is 5.75 Å². The molecule has 0 unspecified atom stereocenters. The van der Waals surface area contributed by atoms with Gasteiger partial charge in [-0.05, 0) is 6.07 Å². The normalized spacial score (nSPS) is 8.00. The highest BCUT2D eigenvalue weighted by Gasteiger charge is 1.91. The average molecular weight is 169 g/mol. The minimum absolute atomic E-state index is 0.598. The predicted molar refractivity (Wildman–Crippen MR) is 48.7 cm³/mol. The zero-order valence-corrected chi connectivity index (χ0v) is 8.00. The van der Waals surface area contributed by atoms with Crippen LogP contribution in [0.4, 0.5) is 0 Å². The Labute approximate surface area is 73.3 Å². The fourth-order valence-corrected chi connectivity index (χ4v) is 0.608. The molecule has 68 valence electrons. The Morgan fingerprint density at radius 2 is 1.75 bits per heavy atom. The van der Waals surface area contributed by atoms with Gasteiger partial charge in [0, 0.05) is 6.07 Å². The molecule has 3 heteroatoms. The first-order chi connectivity index (χ1) is 5.86. The van der Waals surface area contributed by atoms with E-state index in [1.54, 1.807) is 32.5 Å². The molecule has 0 aliphatic carbocycles. The molecule has 0 radical (unpaired) electrons. The van der Waals surface area contributed by atoms with Gasteiger partial charge >= 0.3 is 0 Å². The van der Waals surface area contributed by atoms with Gasteiger partial charge in [-0.15, -0.1) is 0 Å². The Morgan fingerprint density at radius 1 is 1.08 bits per heavy atom. The summed E-state index contributed by atoms with van der Waals surface area (Å²) >= 11 is 0. The van der Waals surface area contributed by atoms with Crippen LogP contribution in [-0.2, 0) is 0 Å². The van der Waals surface area contributed by atoms with Gasteiger partial charge in [-0.1, -0.05) is 13.8 Å². The predicted octanol–water partition coefficient (Wildman–Crippen LogP) is 2.12. The number of ether oxygens (including phenoxy) is 2. The lowest BCUT2D eigenvalue weighted by Gasteiger charge is -1.99. The van der Waals surface area contributed by atoms with E-state index in [-0.39, 0.29) is 0 Å². The summed E-state index contributed by atoms with van der Waals surface area (Å²) in [4.78, 5) is 3.92. The summed E-state index contributed by atoms with van der Waals surface area (Å²) in [6, 6.07) is 3.55. The largest absolute Gasteiger partial charge is 0.495 e. The van der Waals surface area contributed by atoms with Crippen LogP contribution in [0.2, 0.25) is 0 Å². The Kier molecular flexibility index (Phi) is 5.79. The second-order valence-corrected chi connectivity index (χ2v) is 1.74. The molecule has 1 aromatic rings. The van der Waals surface area contributed by atoms with Crippen molar-refractivity contribution in [3.8, 4) is 11.6 Å². The van der Waals surface area contributed by atoms with Gasteiger partial charge in [0.05, 0.1) is 20.4 Å². The third kappa shape index (κ3) is 3.23. The fourth-order valence-electron chi connectivity index (χ4n) is 0.608. The first-order valence-corrected chi connectivity index (χ1v) is 3.91. The standard InChI is InChI=1S/C7H9NO2.C2H6/c1-9-6-3-4-7(10-2)8-5-6;1-2/h3-5H,1-2H3;1-2H3. The van der Waals surface area contributed by atoms with Crippen LogP contribution in [-0.4, -0.2) is 19.2 Å². The van der Waals surface area contributed by atoms with Gasteiger partial charge in [0.1, 0.15) is 5.75 Å². The van der Waals surface area contributed by atoms with Crippen molar-refractivity contribution in [2.24, 2.45) is 0 Å². The molecule has 0 fully saturated rings. The maximum Gasteiger partial charge on any atom is 0.213 e. The Hall–Kier alpha value is -1.25. The van der Waals surface area contributed by atoms with Gasteiger partial charge in [0.25, 0.3) is 0 Å². The minimum Gasteiger partial charge on any atom is -0.495 e. The number of hydrogen-bond donors (Lipinski definition) is 0. The third-order valence-corrected chi connectivity index (χ3v) is 1.15. The highest BCUT2D eigenvalue weighted by Crippen LogP contribution is 2.11. The Bertz CT molecular complexity index is 173. The van der Waals surface area contributed by atoms with Gasteiger partial charge in [-0.2, -0.15) is 0 Å². The Balaban J connectivity index is 0.000000561. The number of hydrogen-bond acceptors (Lipinski definition) is 3. The van der Waals surface area contributed by atoms with Crippen LogP contribution < -0.4 is 9.47 Å². The summed E-state index contributed by atoms with van der Waals surface area (Å²) in [5, 5.41) is 0. The van der Waals surface area contributed by atoms with Crippen molar-refractivity contribution >= 4 is 0 Å². The van der Waals surface area contributed by atoms with Crippen molar-refractivity contribution < 1.29 is 9.47 Å². The van der Waals surface area contributed by atoms with Crippen molar-refractivity contribution in [2.75, 3.05) is 14.2 Å². The Morgan fingerprint density at radius 3 is 2.08 bits per heavy atom. The second kappa shape index (κ2) is 6.46. The summed E-state index contributed by atoms with van der Waals surface area (Å²) in [6.45, 7) is 4.00. The molecule has 0 bridgehead atoms. The minimum atomic E-state index is 0.598.